The lowest BCUT2D eigenvalue weighted by molar-refractivity contribution is -0.0107. The number of unbranched alkanes of at least 4 members (excludes halogenated alkanes) is 1. The van der Waals surface area contributed by atoms with Gasteiger partial charge in [0.25, 0.3) is 0 Å². The fourth-order valence-corrected chi connectivity index (χ4v) is 1.69. The van der Waals surface area contributed by atoms with Crippen molar-refractivity contribution in [1.82, 2.24) is 0 Å². The van der Waals surface area contributed by atoms with E-state index >= 15 is 0 Å². The van der Waals surface area contributed by atoms with Crippen molar-refractivity contribution >= 4 is 0 Å². The molecule has 0 aliphatic carbocycles. The zero-order valence-electron chi connectivity index (χ0n) is 13.1. The van der Waals surface area contributed by atoms with Crippen molar-refractivity contribution in [2.75, 3.05) is 26.9 Å². The highest BCUT2D eigenvalue weighted by molar-refractivity contribution is 5.13. The van der Waals surface area contributed by atoms with Crippen LogP contribution in [0.25, 0.3) is 0 Å². The Balaban J connectivity index is 1.88. The quantitative estimate of drug-likeness (QED) is 0.577. The van der Waals surface area contributed by atoms with Crippen LogP contribution in [-0.4, -0.2) is 32.5 Å². The van der Waals surface area contributed by atoms with Crippen LogP contribution in [0.3, 0.4) is 0 Å². The molecule has 0 radical (unpaired) electrons. The molecule has 0 fully saturated rings. The van der Waals surface area contributed by atoms with E-state index in [-0.39, 0.29) is 5.60 Å². The summed E-state index contributed by atoms with van der Waals surface area (Å²) >= 11 is 0. The summed E-state index contributed by atoms with van der Waals surface area (Å²) in [5.41, 5.74) is 1.14. The number of ether oxygens (including phenoxy) is 3. The molecule has 0 spiro atoms. The van der Waals surface area contributed by atoms with Crippen LogP contribution in [-0.2, 0) is 20.8 Å². The monoisotopic (exact) mass is 280 g/mol. The van der Waals surface area contributed by atoms with Crippen molar-refractivity contribution in [2.24, 2.45) is 0 Å². The summed E-state index contributed by atoms with van der Waals surface area (Å²) in [6.07, 6.45) is 3.01. The van der Waals surface area contributed by atoms with Crippen molar-refractivity contribution < 1.29 is 14.2 Å². The summed E-state index contributed by atoms with van der Waals surface area (Å²) in [4.78, 5) is 0. The molecule has 1 aromatic carbocycles. The van der Waals surface area contributed by atoms with E-state index in [0.29, 0.717) is 6.61 Å². The number of hydrogen-bond donors (Lipinski definition) is 0. The predicted molar refractivity (Wildman–Crippen MR) is 81.9 cm³/mol. The second-order valence-electron chi connectivity index (χ2n) is 5.57. The third-order valence-corrected chi connectivity index (χ3v) is 3.34. The first-order valence-corrected chi connectivity index (χ1v) is 7.38. The lowest BCUT2D eigenvalue weighted by atomic mass is 10.1. The first-order valence-electron chi connectivity index (χ1n) is 7.38. The molecule has 0 N–H and O–H groups in total. The smallest absolute Gasteiger partial charge is 0.0716 e. The molecule has 0 saturated heterocycles. The standard InChI is InChI=1S/C17H28O3/c1-17(2,18-3)11-14-19-12-7-8-13-20-15-16-9-5-4-6-10-16/h4-6,9-10H,7-8,11-15H2,1-3H3. The van der Waals surface area contributed by atoms with E-state index in [9.17, 15) is 0 Å². The van der Waals surface area contributed by atoms with Crippen LogP contribution in [0.4, 0.5) is 0 Å². The van der Waals surface area contributed by atoms with Crippen LogP contribution < -0.4 is 0 Å². The molecule has 114 valence electrons. The molecule has 1 aromatic rings. The van der Waals surface area contributed by atoms with Crippen LogP contribution in [0.5, 0.6) is 0 Å². The normalized spacial score (nSPS) is 11.8. The van der Waals surface area contributed by atoms with E-state index in [0.717, 1.165) is 39.1 Å². The highest BCUT2D eigenvalue weighted by Gasteiger charge is 2.15. The molecular formula is C17H28O3. The minimum Gasteiger partial charge on any atom is -0.381 e. The molecule has 20 heavy (non-hydrogen) atoms. The number of methoxy groups -OCH3 is 1. The van der Waals surface area contributed by atoms with Gasteiger partial charge >= 0.3 is 0 Å². The Bertz CT molecular complexity index is 335. The van der Waals surface area contributed by atoms with Gasteiger partial charge in [0, 0.05) is 26.9 Å². The van der Waals surface area contributed by atoms with E-state index in [4.69, 9.17) is 14.2 Å². The maximum Gasteiger partial charge on any atom is 0.0716 e. The second-order valence-corrected chi connectivity index (χ2v) is 5.57. The van der Waals surface area contributed by atoms with Gasteiger partial charge in [-0.2, -0.15) is 0 Å². The lowest BCUT2D eigenvalue weighted by Gasteiger charge is -2.22. The van der Waals surface area contributed by atoms with Gasteiger partial charge in [-0.15, -0.1) is 0 Å². The van der Waals surface area contributed by atoms with Crippen LogP contribution in [0.15, 0.2) is 30.3 Å². The molecule has 0 bridgehead atoms. The molecule has 0 atom stereocenters. The molecule has 3 nitrogen and oxygen atoms in total. The Morgan fingerprint density at radius 1 is 0.900 bits per heavy atom. The van der Waals surface area contributed by atoms with Gasteiger partial charge in [-0.3, -0.25) is 0 Å². The Morgan fingerprint density at radius 3 is 2.20 bits per heavy atom. The van der Waals surface area contributed by atoms with Crippen LogP contribution in [0.2, 0.25) is 0 Å². The third kappa shape index (κ3) is 8.31. The maximum absolute atomic E-state index is 5.62. The number of hydrogen-bond acceptors (Lipinski definition) is 3. The van der Waals surface area contributed by atoms with Crippen molar-refractivity contribution in [2.45, 2.75) is 45.3 Å². The lowest BCUT2D eigenvalue weighted by Crippen LogP contribution is -2.24. The largest absolute Gasteiger partial charge is 0.381 e. The Labute approximate surface area is 123 Å². The molecular weight excluding hydrogens is 252 g/mol. The molecule has 0 amide bonds. The summed E-state index contributed by atoms with van der Waals surface area (Å²) in [5, 5.41) is 0. The van der Waals surface area contributed by atoms with Crippen LogP contribution >= 0.6 is 0 Å². The summed E-state index contributed by atoms with van der Waals surface area (Å²) in [6.45, 7) is 7.20. The van der Waals surface area contributed by atoms with Gasteiger partial charge in [-0.1, -0.05) is 30.3 Å². The fraction of sp³-hybridized carbons (Fsp3) is 0.647. The summed E-state index contributed by atoms with van der Waals surface area (Å²) in [7, 11) is 1.74. The van der Waals surface area contributed by atoms with E-state index in [2.05, 4.69) is 26.0 Å². The van der Waals surface area contributed by atoms with Gasteiger partial charge in [0.05, 0.1) is 12.2 Å². The molecule has 3 heteroatoms. The van der Waals surface area contributed by atoms with Crippen LogP contribution in [0.1, 0.15) is 38.7 Å². The van der Waals surface area contributed by atoms with Crippen molar-refractivity contribution in [1.29, 1.82) is 0 Å². The van der Waals surface area contributed by atoms with E-state index in [1.54, 1.807) is 7.11 Å². The molecule has 0 saturated carbocycles. The Morgan fingerprint density at radius 2 is 1.55 bits per heavy atom. The third-order valence-electron chi connectivity index (χ3n) is 3.34. The first kappa shape index (κ1) is 17.2. The molecule has 0 aliphatic heterocycles. The summed E-state index contributed by atoms with van der Waals surface area (Å²) in [6, 6.07) is 10.3. The molecule has 0 aromatic heterocycles. The van der Waals surface area contributed by atoms with Crippen molar-refractivity contribution in [3.8, 4) is 0 Å². The molecule has 1 rings (SSSR count). The predicted octanol–water partition coefficient (Wildman–Crippen LogP) is 3.82. The molecule has 0 aliphatic rings. The van der Waals surface area contributed by atoms with Gasteiger partial charge in [0.15, 0.2) is 0 Å². The Hall–Kier alpha value is -0.900. The average Bonchev–Trinajstić information content (AvgIpc) is 2.46. The van der Waals surface area contributed by atoms with E-state index < -0.39 is 0 Å². The van der Waals surface area contributed by atoms with Crippen LogP contribution in [0, 0.1) is 0 Å². The van der Waals surface area contributed by atoms with Crippen molar-refractivity contribution in [3.05, 3.63) is 35.9 Å². The Kier molecular flexibility index (Phi) is 8.51. The SMILES string of the molecule is COC(C)(C)CCOCCCCOCc1ccccc1. The van der Waals surface area contributed by atoms with Gasteiger partial charge in [-0.05, 0) is 38.7 Å². The van der Waals surface area contributed by atoms with Gasteiger partial charge in [0.1, 0.15) is 0 Å². The average molecular weight is 280 g/mol. The summed E-state index contributed by atoms with van der Waals surface area (Å²) in [5.74, 6) is 0. The topological polar surface area (TPSA) is 27.7 Å². The van der Waals surface area contributed by atoms with E-state index in [1.807, 2.05) is 18.2 Å². The molecule has 0 heterocycles. The van der Waals surface area contributed by atoms with Crippen molar-refractivity contribution in [3.63, 3.8) is 0 Å². The van der Waals surface area contributed by atoms with E-state index in [1.165, 1.54) is 5.56 Å². The van der Waals surface area contributed by atoms with Gasteiger partial charge in [-0.25, -0.2) is 0 Å². The zero-order chi connectivity index (χ0) is 14.7. The summed E-state index contributed by atoms with van der Waals surface area (Å²) < 4.78 is 16.6. The minimum absolute atomic E-state index is 0.0845. The van der Waals surface area contributed by atoms with Gasteiger partial charge in [0.2, 0.25) is 0 Å². The number of rotatable bonds is 11. The highest BCUT2D eigenvalue weighted by atomic mass is 16.5. The number of benzene rings is 1. The maximum atomic E-state index is 5.62. The second kappa shape index (κ2) is 9.92. The molecule has 0 unspecified atom stereocenters. The fourth-order valence-electron chi connectivity index (χ4n) is 1.69. The first-order chi connectivity index (χ1) is 9.64. The minimum atomic E-state index is -0.0845. The van der Waals surface area contributed by atoms with Gasteiger partial charge < -0.3 is 14.2 Å². The zero-order valence-corrected chi connectivity index (χ0v) is 13.1. The highest BCUT2D eigenvalue weighted by Crippen LogP contribution is 2.12.